The highest BCUT2D eigenvalue weighted by Crippen LogP contribution is 2.26. The molecule has 2 aromatic heterocycles. The van der Waals surface area contributed by atoms with E-state index in [0.717, 1.165) is 41.3 Å². The molecule has 0 aliphatic carbocycles. The number of pyridine rings is 1. The van der Waals surface area contributed by atoms with Gasteiger partial charge in [-0.2, -0.15) is 0 Å². The number of imidazole rings is 1. The maximum Gasteiger partial charge on any atom is 0.246 e. The van der Waals surface area contributed by atoms with E-state index in [0.29, 0.717) is 19.6 Å². The molecule has 0 unspecified atom stereocenters. The van der Waals surface area contributed by atoms with Crippen LogP contribution in [0.15, 0.2) is 48.7 Å². The maximum atomic E-state index is 12.8. The van der Waals surface area contributed by atoms with Crippen molar-refractivity contribution in [3.05, 3.63) is 65.5 Å². The first-order valence-electron chi connectivity index (χ1n) is 10.4. The number of β-amino-alcohol motifs (C(OH)–C–C–N with tert-alkyl or cyclic N) is 1. The fourth-order valence-corrected chi connectivity index (χ4v) is 3.84. The van der Waals surface area contributed by atoms with Crippen molar-refractivity contribution in [2.24, 2.45) is 0 Å². The summed E-state index contributed by atoms with van der Waals surface area (Å²) in [5.74, 6) is 0.00978. The quantitative estimate of drug-likeness (QED) is 0.665. The third-order valence-electron chi connectivity index (χ3n) is 5.63. The lowest BCUT2D eigenvalue weighted by atomic mass is 10.1. The van der Waals surface area contributed by atoms with Gasteiger partial charge in [0.25, 0.3) is 0 Å². The molecule has 1 fully saturated rings. The number of nitrogens with zero attached hydrogens (tertiary/aromatic N) is 4. The van der Waals surface area contributed by atoms with Gasteiger partial charge in [0.15, 0.2) is 0 Å². The summed E-state index contributed by atoms with van der Waals surface area (Å²) in [6, 6.07) is 12.4. The lowest BCUT2D eigenvalue weighted by Gasteiger charge is -2.33. The molecule has 0 radical (unpaired) electrons. The average molecular weight is 405 g/mol. The first kappa shape index (κ1) is 20.3. The van der Waals surface area contributed by atoms with Crippen LogP contribution < -0.4 is 0 Å². The standard InChI is InChI=1S/C24H28N4O2/c1-18-3-5-20(6-4-18)24-21(28-10-9-19(2)17-22(28)25-24)7-8-23(30)27-13-11-26(12-14-27)15-16-29/h3-10,17,29H,11-16H2,1-2H3/b8-7+. The molecule has 4 rings (SSSR count). The molecular weight excluding hydrogens is 376 g/mol. The van der Waals surface area contributed by atoms with Crippen LogP contribution in [-0.4, -0.2) is 69.5 Å². The molecule has 1 amide bonds. The van der Waals surface area contributed by atoms with Gasteiger partial charge in [0.2, 0.25) is 5.91 Å². The smallest absolute Gasteiger partial charge is 0.246 e. The molecule has 156 valence electrons. The summed E-state index contributed by atoms with van der Waals surface area (Å²) in [5, 5.41) is 9.08. The number of amides is 1. The van der Waals surface area contributed by atoms with E-state index in [1.807, 2.05) is 27.6 Å². The molecule has 1 aliphatic rings. The minimum atomic E-state index is 0.00978. The zero-order chi connectivity index (χ0) is 21.1. The number of carbonyl (C=O) groups excluding carboxylic acids is 1. The molecule has 1 saturated heterocycles. The van der Waals surface area contributed by atoms with Gasteiger partial charge in [-0.1, -0.05) is 29.8 Å². The van der Waals surface area contributed by atoms with Crippen LogP contribution in [0.25, 0.3) is 23.0 Å². The molecule has 3 heterocycles. The molecule has 0 atom stereocenters. The van der Waals surface area contributed by atoms with Crippen molar-refractivity contribution in [1.82, 2.24) is 19.2 Å². The number of aliphatic hydroxyl groups excluding tert-OH is 1. The van der Waals surface area contributed by atoms with Crippen LogP contribution in [0.5, 0.6) is 0 Å². The van der Waals surface area contributed by atoms with Gasteiger partial charge in [-0.15, -0.1) is 0 Å². The largest absolute Gasteiger partial charge is 0.395 e. The lowest BCUT2D eigenvalue weighted by molar-refractivity contribution is -0.127. The zero-order valence-electron chi connectivity index (χ0n) is 17.6. The van der Waals surface area contributed by atoms with E-state index in [4.69, 9.17) is 10.1 Å². The van der Waals surface area contributed by atoms with Crippen molar-refractivity contribution in [3.8, 4) is 11.3 Å². The molecule has 0 saturated carbocycles. The molecule has 1 aromatic carbocycles. The van der Waals surface area contributed by atoms with Crippen molar-refractivity contribution in [2.75, 3.05) is 39.3 Å². The highest BCUT2D eigenvalue weighted by Gasteiger charge is 2.19. The second kappa shape index (κ2) is 8.81. The third kappa shape index (κ3) is 4.30. The number of benzene rings is 1. The van der Waals surface area contributed by atoms with E-state index >= 15 is 0 Å². The summed E-state index contributed by atoms with van der Waals surface area (Å²) >= 11 is 0. The Labute approximate surface area is 177 Å². The van der Waals surface area contributed by atoms with E-state index < -0.39 is 0 Å². The number of aromatic nitrogens is 2. The van der Waals surface area contributed by atoms with Crippen molar-refractivity contribution in [1.29, 1.82) is 0 Å². The van der Waals surface area contributed by atoms with Crippen LogP contribution in [0.1, 0.15) is 16.8 Å². The van der Waals surface area contributed by atoms with E-state index in [-0.39, 0.29) is 12.5 Å². The number of hydrogen-bond donors (Lipinski definition) is 1. The number of hydrogen-bond acceptors (Lipinski definition) is 4. The second-order valence-electron chi connectivity index (χ2n) is 7.87. The van der Waals surface area contributed by atoms with Gasteiger partial charge in [0, 0.05) is 50.6 Å². The van der Waals surface area contributed by atoms with Crippen molar-refractivity contribution in [2.45, 2.75) is 13.8 Å². The van der Waals surface area contributed by atoms with Crippen molar-refractivity contribution >= 4 is 17.6 Å². The Morgan fingerprint density at radius 2 is 1.80 bits per heavy atom. The number of fused-ring (bicyclic) bond motifs is 1. The van der Waals surface area contributed by atoms with Gasteiger partial charge in [-0.05, 0) is 37.6 Å². The summed E-state index contributed by atoms with van der Waals surface area (Å²) in [7, 11) is 0. The molecule has 1 aliphatic heterocycles. The SMILES string of the molecule is Cc1ccc(-c2nc3cc(C)ccn3c2/C=C/C(=O)N2CCN(CCO)CC2)cc1. The number of piperazine rings is 1. The highest BCUT2D eigenvalue weighted by atomic mass is 16.3. The summed E-state index contributed by atoms with van der Waals surface area (Å²) in [4.78, 5) is 21.7. The number of carbonyl (C=O) groups is 1. The Morgan fingerprint density at radius 1 is 1.07 bits per heavy atom. The summed E-state index contributed by atoms with van der Waals surface area (Å²) in [6.45, 7) is 7.89. The Kier molecular flexibility index (Phi) is 5.97. The van der Waals surface area contributed by atoms with Gasteiger partial charge < -0.3 is 10.0 Å². The first-order chi connectivity index (χ1) is 14.5. The minimum absolute atomic E-state index is 0.00978. The fourth-order valence-electron chi connectivity index (χ4n) is 3.84. The number of rotatable bonds is 5. The Morgan fingerprint density at radius 3 is 2.50 bits per heavy atom. The topological polar surface area (TPSA) is 61.1 Å². The van der Waals surface area contributed by atoms with Gasteiger partial charge in [-0.25, -0.2) is 4.98 Å². The van der Waals surface area contributed by atoms with Crippen LogP contribution in [0.3, 0.4) is 0 Å². The van der Waals surface area contributed by atoms with Gasteiger partial charge in [-0.3, -0.25) is 14.1 Å². The van der Waals surface area contributed by atoms with Gasteiger partial charge in [0.05, 0.1) is 18.0 Å². The molecule has 6 nitrogen and oxygen atoms in total. The van der Waals surface area contributed by atoms with E-state index in [9.17, 15) is 4.79 Å². The number of aliphatic hydroxyl groups is 1. The second-order valence-corrected chi connectivity index (χ2v) is 7.87. The fraction of sp³-hybridized carbons (Fsp3) is 0.333. The molecule has 30 heavy (non-hydrogen) atoms. The van der Waals surface area contributed by atoms with Crippen LogP contribution in [0.2, 0.25) is 0 Å². The summed E-state index contributed by atoms with van der Waals surface area (Å²) in [5.41, 5.74) is 6.03. The van der Waals surface area contributed by atoms with Crippen molar-refractivity contribution in [3.63, 3.8) is 0 Å². The Hall–Kier alpha value is -2.96. The highest BCUT2D eigenvalue weighted by molar-refractivity contribution is 5.93. The first-order valence-corrected chi connectivity index (χ1v) is 10.4. The molecule has 1 N–H and O–H groups in total. The molecule has 3 aromatic rings. The number of aryl methyl sites for hydroxylation is 2. The van der Waals surface area contributed by atoms with Crippen LogP contribution in [0.4, 0.5) is 0 Å². The van der Waals surface area contributed by atoms with E-state index in [2.05, 4.69) is 49.1 Å². The van der Waals surface area contributed by atoms with E-state index in [1.165, 1.54) is 5.56 Å². The summed E-state index contributed by atoms with van der Waals surface area (Å²) in [6.07, 6.45) is 5.54. The molecule has 0 spiro atoms. The predicted molar refractivity (Wildman–Crippen MR) is 119 cm³/mol. The molecular formula is C24H28N4O2. The lowest BCUT2D eigenvalue weighted by Crippen LogP contribution is -2.48. The monoisotopic (exact) mass is 404 g/mol. The van der Waals surface area contributed by atoms with Crippen LogP contribution in [0, 0.1) is 13.8 Å². The Balaban J connectivity index is 1.62. The third-order valence-corrected chi connectivity index (χ3v) is 5.63. The molecule has 6 heteroatoms. The minimum Gasteiger partial charge on any atom is -0.395 e. The summed E-state index contributed by atoms with van der Waals surface area (Å²) < 4.78 is 2.03. The Bertz CT molecular complexity index is 1060. The van der Waals surface area contributed by atoms with Gasteiger partial charge in [0.1, 0.15) is 5.65 Å². The predicted octanol–water partition coefficient (Wildman–Crippen LogP) is 2.77. The van der Waals surface area contributed by atoms with Crippen LogP contribution in [-0.2, 0) is 4.79 Å². The van der Waals surface area contributed by atoms with Crippen molar-refractivity contribution < 1.29 is 9.90 Å². The average Bonchev–Trinajstić information content (AvgIpc) is 3.10. The molecule has 0 bridgehead atoms. The van der Waals surface area contributed by atoms with E-state index in [1.54, 1.807) is 6.08 Å². The maximum absolute atomic E-state index is 12.8. The van der Waals surface area contributed by atoms with Gasteiger partial charge >= 0.3 is 0 Å². The zero-order valence-corrected chi connectivity index (χ0v) is 17.6. The van der Waals surface area contributed by atoms with Crippen LogP contribution >= 0.6 is 0 Å². The normalized spacial score (nSPS) is 15.4.